The average molecular weight is 471 g/mol. The number of pyridine rings is 1. The fraction of sp³-hybridized carbons (Fsp3) is 0.241. The number of ether oxygens (including phenoxy) is 2. The van der Waals surface area contributed by atoms with Crippen molar-refractivity contribution in [3.05, 3.63) is 99.3 Å². The van der Waals surface area contributed by atoms with Gasteiger partial charge in [0.05, 0.1) is 19.7 Å². The van der Waals surface area contributed by atoms with E-state index < -0.39 is 0 Å². The SMILES string of the molecule is COc1cc2cc(CCc3ccccc3)c(=O)n(CC(=O)Nc3cc(C)ccc3C)c2cc1OC. The summed E-state index contributed by atoms with van der Waals surface area (Å²) in [5.41, 5.74) is 4.99. The fourth-order valence-corrected chi connectivity index (χ4v) is 4.23. The smallest absolute Gasteiger partial charge is 0.254 e. The van der Waals surface area contributed by atoms with Crippen molar-refractivity contribution in [1.82, 2.24) is 4.57 Å². The molecule has 0 atom stereocenters. The van der Waals surface area contributed by atoms with Gasteiger partial charge >= 0.3 is 0 Å². The van der Waals surface area contributed by atoms with E-state index in [1.165, 1.54) is 4.57 Å². The highest BCUT2D eigenvalue weighted by Gasteiger charge is 2.16. The van der Waals surface area contributed by atoms with Gasteiger partial charge in [-0.1, -0.05) is 42.5 Å². The number of fused-ring (bicyclic) bond motifs is 1. The van der Waals surface area contributed by atoms with Crippen LogP contribution in [0.25, 0.3) is 10.9 Å². The molecule has 0 fully saturated rings. The van der Waals surface area contributed by atoms with Crippen molar-refractivity contribution in [3.63, 3.8) is 0 Å². The number of amides is 1. The van der Waals surface area contributed by atoms with Gasteiger partial charge in [-0.2, -0.15) is 0 Å². The van der Waals surface area contributed by atoms with Crippen LogP contribution in [0.1, 0.15) is 22.3 Å². The van der Waals surface area contributed by atoms with Gasteiger partial charge < -0.3 is 14.8 Å². The largest absolute Gasteiger partial charge is 0.493 e. The molecule has 0 bridgehead atoms. The lowest BCUT2D eigenvalue weighted by Gasteiger charge is -2.16. The third-order valence-corrected chi connectivity index (χ3v) is 6.17. The van der Waals surface area contributed by atoms with Gasteiger partial charge in [0.15, 0.2) is 11.5 Å². The Hall–Kier alpha value is -4.06. The first-order valence-corrected chi connectivity index (χ1v) is 11.6. The van der Waals surface area contributed by atoms with E-state index in [-0.39, 0.29) is 18.0 Å². The molecule has 6 heteroatoms. The number of hydrogen-bond acceptors (Lipinski definition) is 4. The topological polar surface area (TPSA) is 69.6 Å². The Morgan fingerprint density at radius 3 is 2.31 bits per heavy atom. The zero-order chi connectivity index (χ0) is 24.9. The quantitative estimate of drug-likeness (QED) is 0.391. The molecule has 1 heterocycles. The Bertz CT molecular complexity index is 1420. The van der Waals surface area contributed by atoms with Gasteiger partial charge in [0.1, 0.15) is 6.54 Å². The number of anilines is 1. The summed E-state index contributed by atoms with van der Waals surface area (Å²) in [6.45, 7) is 3.80. The van der Waals surface area contributed by atoms with Crippen molar-refractivity contribution < 1.29 is 14.3 Å². The lowest BCUT2D eigenvalue weighted by atomic mass is 10.0. The molecule has 0 saturated heterocycles. The number of hydrogen-bond donors (Lipinski definition) is 1. The maximum absolute atomic E-state index is 13.6. The minimum Gasteiger partial charge on any atom is -0.493 e. The number of methoxy groups -OCH3 is 2. The molecule has 1 amide bonds. The molecule has 0 aliphatic rings. The molecule has 180 valence electrons. The second-order valence-electron chi connectivity index (χ2n) is 8.68. The Balaban J connectivity index is 1.74. The van der Waals surface area contributed by atoms with E-state index >= 15 is 0 Å². The van der Waals surface area contributed by atoms with Gasteiger partial charge in [0, 0.05) is 22.7 Å². The monoisotopic (exact) mass is 470 g/mol. The summed E-state index contributed by atoms with van der Waals surface area (Å²) in [4.78, 5) is 26.7. The molecule has 1 aromatic heterocycles. The number of nitrogens with one attached hydrogen (secondary N) is 1. The molecule has 3 aromatic carbocycles. The molecule has 0 aliphatic heterocycles. The van der Waals surface area contributed by atoms with Gasteiger partial charge in [-0.25, -0.2) is 0 Å². The van der Waals surface area contributed by atoms with E-state index in [0.29, 0.717) is 29.0 Å². The number of benzene rings is 3. The molecule has 1 N–H and O–H groups in total. The Labute approximate surface area is 205 Å². The average Bonchev–Trinajstić information content (AvgIpc) is 2.86. The zero-order valence-corrected chi connectivity index (χ0v) is 20.6. The van der Waals surface area contributed by atoms with Crippen molar-refractivity contribution in [2.45, 2.75) is 33.2 Å². The van der Waals surface area contributed by atoms with Crippen molar-refractivity contribution in [1.29, 1.82) is 0 Å². The van der Waals surface area contributed by atoms with Crippen LogP contribution in [0.15, 0.2) is 71.5 Å². The third-order valence-electron chi connectivity index (χ3n) is 6.17. The van der Waals surface area contributed by atoms with E-state index in [0.717, 1.165) is 34.2 Å². The highest BCUT2D eigenvalue weighted by atomic mass is 16.5. The van der Waals surface area contributed by atoms with Crippen LogP contribution in [0.3, 0.4) is 0 Å². The first-order valence-electron chi connectivity index (χ1n) is 11.6. The lowest BCUT2D eigenvalue weighted by Crippen LogP contribution is -2.30. The predicted molar refractivity (Wildman–Crippen MR) is 140 cm³/mol. The molecule has 0 unspecified atom stereocenters. The molecule has 0 radical (unpaired) electrons. The normalized spacial score (nSPS) is 10.9. The van der Waals surface area contributed by atoms with Crippen LogP contribution in [0.5, 0.6) is 11.5 Å². The van der Waals surface area contributed by atoms with Crippen LogP contribution < -0.4 is 20.3 Å². The zero-order valence-electron chi connectivity index (χ0n) is 20.6. The third kappa shape index (κ3) is 5.38. The van der Waals surface area contributed by atoms with Crippen LogP contribution in [0.2, 0.25) is 0 Å². The number of aromatic nitrogens is 1. The predicted octanol–water partition coefficient (Wildman–Crippen LogP) is 5.06. The Kier molecular flexibility index (Phi) is 7.20. The summed E-state index contributed by atoms with van der Waals surface area (Å²) < 4.78 is 12.5. The first-order chi connectivity index (χ1) is 16.9. The second-order valence-corrected chi connectivity index (χ2v) is 8.68. The number of carbonyl (C=O) groups excluding carboxylic acids is 1. The molecule has 6 nitrogen and oxygen atoms in total. The summed E-state index contributed by atoms with van der Waals surface area (Å²) in [5.74, 6) is 0.802. The second kappa shape index (κ2) is 10.5. The van der Waals surface area contributed by atoms with Crippen molar-refractivity contribution in [2.75, 3.05) is 19.5 Å². The molecule has 4 rings (SSSR count). The van der Waals surface area contributed by atoms with Crippen molar-refractivity contribution in [3.8, 4) is 11.5 Å². The maximum Gasteiger partial charge on any atom is 0.254 e. The van der Waals surface area contributed by atoms with E-state index in [1.54, 1.807) is 20.3 Å². The first kappa shape index (κ1) is 24.1. The molecule has 35 heavy (non-hydrogen) atoms. The van der Waals surface area contributed by atoms with Gasteiger partial charge in [0.2, 0.25) is 5.91 Å². The highest BCUT2D eigenvalue weighted by Crippen LogP contribution is 2.32. The number of aryl methyl sites for hydroxylation is 4. The van der Waals surface area contributed by atoms with E-state index in [4.69, 9.17) is 9.47 Å². The van der Waals surface area contributed by atoms with E-state index in [2.05, 4.69) is 5.32 Å². The van der Waals surface area contributed by atoms with E-state index in [9.17, 15) is 9.59 Å². The Morgan fingerprint density at radius 1 is 0.886 bits per heavy atom. The summed E-state index contributed by atoms with van der Waals surface area (Å²) >= 11 is 0. The van der Waals surface area contributed by atoms with Gasteiger partial charge in [-0.05, 0) is 61.6 Å². The van der Waals surface area contributed by atoms with Crippen LogP contribution >= 0.6 is 0 Å². The van der Waals surface area contributed by atoms with Gasteiger partial charge in [0.25, 0.3) is 5.56 Å². The summed E-state index contributed by atoms with van der Waals surface area (Å²) in [5, 5.41) is 3.78. The number of nitrogens with zero attached hydrogens (tertiary/aromatic N) is 1. The number of carbonyl (C=O) groups is 1. The summed E-state index contributed by atoms with van der Waals surface area (Å²) in [7, 11) is 3.13. The van der Waals surface area contributed by atoms with Gasteiger partial charge in [-0.15, -0.1) is 0 Å². The molecular weight excluding hydrogens is 440 g/mol. The van der Waals surface area contributed by atoms with Crippen LogP contribution in [0, 0.1) is 13.8 Å². The highest BCUT2D eigenvalue weighted by molar-refractivity contribution is 5.93. The minimum absolute atomic E-state index is 0.114. The van der Waals surface area contributed by atoms with Gasteiger partial charge in [-0.3, -0.25) is 14.2 Å². The number of rotatable bonds is 8. The summed E-state index contributed by atoms with van der Waals surface area (Å²) in [6.07, 6.45) is 1.29. The van der Waals surface area contributed by atoms with E-state index in [1.807, 2.05) is 74.5 Å². The van der Waals surface area contributed by atoms with Crippen LogP contribution in [0.4, 0.5) is 5.69 Å². The summed E-state index contributed by atoms with van der Waals surface area (Å²) in [6, 6.07) is 21.4. The molecule has 0 saturated carbocycles. The van der Waals surface area contributed by atoms with Crippen LogP contribution in [-0.4, -0.2) is 24.7 Å². The minimum atomic E-state index is -0.267. The molecular formula is C29H30N2O4. The molecule has 0 spiro atoms. The Morgan fingerprint density at radius 2 is 1.60 bits per heavy atom. The maximum atomic E-state index is 13.6. The fourth-order valence-electron chi connectivity index (χ4n) is 4.23. The standard InChI is InChI=1S/C29H30N2O4/c1-19-10-11-20(2)24(14-19)30-28(32)18-31-25-17-27(35-4)26(34-3)16-23(25)15-22(29(31)33)13-12-21-8-6-5-7-9-21/h5-11,14-17H,12-13,18H2,1-4H3,(H,30,32). The van der Waals surface area contributed by atoms with Crippen LogP contribution in [-0.2, 0) is 24.2 Å². The van der Waals surface area contributed by atoms with Crippen molar-refractivity contribution >= 4 is 22.5 Å². The molecule has 4 aromatic rings. The molecule has 0 aliphatic carbocycles. The lowest BCUT2D eigenvalue weighted by molar-refractivity contribution is -0.116. The van der Waals surface area contributed by atoms with Crippen molar-refractivity contribution in [2.24, 2.45) is 0 Å².